The Bertz CT molecular complexity index is 355. The van der Waals surface area contributed by atoms with Crippen LogP contribution >= 0.6 is 11.8 Å². The Morgan fingerprint density at radius 3 is 2.53 bits per heavy atom. The van der Waals surface area contributed by atoms with E-state index in [0.29, 0.717) is 11.3 Å². The summed E-state index contributed by atoms with van der Waals surface area (Å²) >= 11 is 1.94. The lowest BCUT2D eigenvalue weighted by Gasteiger charge is -2.26. The molecule has 0 bridgehead atoms. The second kappa shape index (κ2) is 5.42. The average molecular weight is 249 g/mol. The van der Waals surface area contributed by atoms with Crippen LogP contribution in [0.25, 0.3) is 0 Å². The molecule has 2 heterocycles. The van der Waals surface area contributed by atoms with Gasteiger partial charge in [-0.15, -0.1) is 11.8 Å². The summed E-state index contributed by atoms with van der Waals surface area (Å²) in [5.74, 6) is 0. The molecule has 0 aromatic heterocycles. The molecule has 2 nitrogen and oxygen atoms in total. The first kappa shape index (κ1) is 11.6. The molecule has 1 aromatic carbocycles. The van der Waals surface area contributed by atoms with Crippen LogP contribution in [0.5, 0.6) is 0 Å². The van der Waals surface area contributed by atoms with Gasteiger partial charge in [0.15, 0.2) is 0 Å². The van der Waals surface area contributed by atoms with Crippen LogP contribution in [-0.4, -0.2) is 25.0 Å². The number of rotatable bonds is 3. The molecular formula is C14H19NOS. The third kappa shape index (κ3) is 2.84. The zero-order valence-electron chi connectivity index (χ0n) is 10.0. The summed E-state index contributed by atoms with van der Waals surface area (Å²) in [5, 5.41) is 4.27. The highest BCUT2D eigenvalue weighted by Crippen LogP contribution is 2.30. The fourth-order valence-electron chi connectivity index (χ4n) is 2.39. The molecule has 17 heavy (non-hydrogen) atoms. The van der Waals surface area contributed by atoms with Crippen molar-refractivity contribution >= 4 is 11.8 Å². The molecule has 0 saturated carbocycles. The minimum absolute atomic E-state index is 0.579. The summed E-state index contributed by atoms with van der Waals surface area (Å²) in [6.07, 6.45) is 3.96. The van der Waals surface area contributed by atoms with Crippen molar-refractivity contribution in [2.75, 3.05) is 19.8 Å². The Labute approximate surface area is 107 Å². The van der Waals surface area contributed by atoms with E-state index in [-0.39, 0.29) is 0 Å². The number of benzene rings is 1. The second-order valence-corrected chi connectivity index (χ2v) is 6.22. The fourth-order valence-corrected chi connectivity index (χ4v) is 3.40. The van der Waals surface area contributed by atoms with Gasteiger partial charge in [0.2, 0.25) is 0 Å². The molecule has 3 heteroatoms. The highest BCUT2D eigenvalue weighted by molar-refractivity contribution is 8.00. The summed E-state index contributed by atoms with van der Waals surface area (Å²) < 4.78 is 5.20. The fraction of sp³-hybridized carbons (Fsp3) is 0.571. The van der Waals surface area contributed by atoms with Crippen LogP contribution in [0.1, 0.15) is 30.9 Å². The molecule has 1 unspecified atom stereocenters. The molecule has 0 spiro atoms. The third-order valence-corrected chi connectivity index (χ3v) is 4.65. The van der Waals surface area contributed by atoms with Gasteiger partial charge >= 0.3 is 0 Å². The Balaban J connectivity index is 1.62. The first-order valence-corrected chi connectivity index (χ1v) is 7.37. The highest BCUT2D eigenvalue weighted by atomic mass is 32.2. The van der Waals surface area contributed by atoms with Crippen LogP contribution in [0.3, 0.4) is 0 Å². The van der Waals surface area contributed by atoms with Crippen LogP contribution in [0, 0.1) is 0 Å². The van der Waals surface area contributed by atoms with Crippen molar-refractivity contribution in [3.8, 4) is 0 Å². The molecule has 3 rings (SSSR count). The van der Waals surface area contributed by atoms with Gasteiger partial charge in [-0.25, -0.2) is 0 Å². The molecule has 2 saturated heterocycles. The maximum absolute atomic E-state index is 5.20. The molecule has 1 atom stereocenters. The largest absolute Gasteiger partial charge is 0.379 e. The van der Waals surface area contributed by atoms with Crippen molar-refractivity contribution in [3.63, 3.8) is 0 Å². The van der Waals surface area contributed by atoms with Gasteiger partial charge in [0, 0.05) is 10.9 Å². The van der Waals surface area contributed by atoms with Crippen LogP contribution in [-0.2, 0) is 4.74 Å². The van der Waals surface area contributed by atoms with Crippen molar-refractivity contribution in [1.82, 2.24) is 5.32 Å². The molecule has 0 radical (unpaired) electrons. The van der Waals surface area contributed by atoms with E-state index in [4.69, 9.17) is 4.74 Å². The van der Waals surface area contributed by atoms with Gasteiger partial charge < -0.3 is 10.1 Å². The first-order chi connectivity index (χ1) is 8.42. The zero-order valence-corrected chi connectivity index (χ0v) is 10.8. The molecule has 0 amide bonds. The molecule has 2 fully saturated rings. The number of nitrogens with one attached hydrogen (secondary N) is 1. The van der Waals surface area contributed by atoms with Crippen LogP contribution in [0.2, 0.25) is 0 Å². The van der Waals surface area contributed by atoms with Crippen molar-refractivity contribution in [3.05, 3.63) is 29.8 Å². The van der Waals surface area contributed by atoms with Gasteiger partial charge in [-0.05, 0) is 37.1 Å². The molecule has 0 aliphatic carbocycles. The Hall–Kier alpha value is -0.510. The minimum Gasteiger partial charge on any atom is -0.379 e. The summed E-state index contributed by atoms with van der Waals surface area (Å²) in [4.78, 5) is 1.37. The Morgan fingerprint density at radius 2 is 1.94 bits per heavy atom. The van der Waals surface area contributed by atoms with E-state index in [1.807, 2.05) is 11.8 Å². The van der Waals surface area contributed by atoms with Crippen molar-refractivity contribution in [2.24, 2.45) is 0 Å². The smallest absolute Gasteiger partial charge is 0.0611 e. The van der Waals surface area contributed by atoms with Gasteiger partial charge in [0.25, 0.3) is 0 Å². The van der Waals surface area contributed by atoms with Gasteiger partial charge in [-0.3, -0.25) is 0 Å². The van der Waals surface area contributed by atoms with E-state index in [0.717, 1.165) is 13.2 Å². The third-order valence-electron chi connectivity index (χ3n) is 3.50. The maximum Gasteiger partial charge on any atom is 0.0611 e. The van der Waals surface area contributed by atoms with Crippen LogP contribution in [0.4, 0.5) is 0 Å². The second-order valence-electron chi connectivity index (χ2n) is 4.85. The minimum atomic E-state index is 0.579. The summed E-state index contributed by atoms with van der Waals surface area (Å²) in [5.41, 5.74) is 1.44. The standard InChI is InChI=1S/C14H19NOS/c1-2-8-15-14(3-1)11-4-6-12(7-5-11)17-13-9-16-10-13/h4-7,13-15H,1-3,8-10H2. The van der Waals surface area contributed by atoms with E-state index in [1.165, 1.54) is 36.3 Å². The van der Waals surface area contributed by atoms with Crippen molar-refractivity contribution in [2.45, 2.75) is 35.4 Å². The van der Waals surface area contributed by atoms with E-state index < -0.39 is 0 Å². The number of hydrogen-bond acceptors (Lipinski definition) is 3. The normalized spacial score (nSPS) is 25.5. The van der Waals surface area contributed by atoms with Crippen LogP contribution < -0.4 is 5.32 Å². The Kier molecular flexibility index (Phi) is 3.69. The highest BCUT2D eigenvalue weighted by Gasteiger charge is 2.20. The van der Waals surface area contributed by atoms with E-state index in [9.17, 15) is 0 Å². The van der Waals surface area contributed by atoms with Gasteiger partial charge in [-0.2, -0.15) is 0 Å². The summed E-state index contributed by atoms with van der Waals surface area (Å²) in [6, 6.07) is 9.66. The quantitative estimate of drug-likeness (QED) is 0.890. The zero-order chi connectivity index (χ0) is 11.5. The van der Waals surface area contributed by atoms with Gasteiger partial charge in [0.05, 0.1) is 18.5 Å². The number of thioether (sulfide) groups is 1. The molecule has 1 aromatic rings. The van der Waals surface area contributed by atoms with E-state index >= 15 is 0 Å². The van der Waals surface area contributed by atoms with Crippen molar-refractivity contribution in [1.29, 1.82) is 0 Å². The summed E-state index contributed by atoms with van der Waals surface area (Å²) in [6.45, 7) is 2.99. The van der Waals surface area contributed by atoms with Gasteiger partial charge in [0.1, 0.15) is 0 Å². The lowest BCUT2D eigenvalue weighted by molar-refractivity contribution is 0.0455. The number of hydrogen-bond donors (Lipinski definition) is 1. The predicted molar refractivity (Wildman–Crippen MR) is 71.5 cm³/mol. The number of ether oxygens (including phenoxy) is 1. The van der Waals surface area contributed by atoms with E-state index in [2.05, 4.69) is 29.6 Å². The molecular weight excluding hydrogens is 230 g/mol. The molecule has 1 N–H and O–H groups in total. The summed E-state index contributed by atoms with van der Waals surface area (Å²) in [7, 11) is 0. The first-order valence-electron chi connectivity index (χ1n) is 6.49. The Morgan fingerprint density at radius 1 is 1.12 bits per heavy atom. The lowest BCUT2D eigenvalue weighted by atomic mass is 9.98. The monoisotopic (exact) mass is 249 g/mol. The maximum atomic E-state index is 5.20. The number of piperidine rings is 1. The molecule has 92 valence electrons. The van der Waals surface area contributed by atoms with E-state index in [1.54, 1.807) is 0 Å². The lowest BCUT2D eigenvalue weighted by Crippen LogP contribution is -2.30. The van der Waals surface area contributed by atoms with Gasteiger partial charge in [-0.1, -0.05) is 18.6 Å². The van der Waals surface area contributed by atoms with Crippen LogP contribution in [0.15, 0.2) is 29.2 Å². The predicted octanol–water partition coefficient (Wildman–Crippen LogP) is 2.99. The molecule has 2 aliphatic rings. The van der Waals surface area contributed by atoms with Crippen molar-refractivity contribution < 1.29 is 4.74 Å². The molecule has 2 aliphatic heterocycles. The average Bonchev–Trinajstić information content (AvgIpc) is 2.36. The SMILES string of the molecule is c1cc(C2CCCCN2)ccc1SC1COC1. The topological polar surface area (TPSA) is 21.3 Å².